The Balaban J connectivity index is 2.20. The van der Waals surface area contributed by atoms with Gasteiger partial charge < -0.3 is 10.5 Å². The highest BCUT2D eigenvalue weighted by molar-refractivity contribution is 5.82. The zero-order chi connectivity index (χ0) is 15.4. The zero-order valence-corrected chi connectivity index (χ0v) is 14.1. The van der Waals surface area contributed by atoms with E-state index in [4.69, 9.17) is 15.9 Å². The van der Waals surface area contributed by atoms with Gasteiger partial charge in [-0.1, -0.05) is 41.0 Å². The van der Waals surface area contributed by atoms with Crippen LogP contribution in [0.1, 0.15) is 73.1 Å². The van der Waals surface area contributed by atoms with Gasteiger partial charge in [0.2, 0.25) is 0 Å². The van der Waals surface area contributed by atoms with Crippen LogP contribution < -0.4 is 5.73 Å². The molecule has 2 atom stereocenters. The highest BCUT2D eigenvalue weighted by Gasteiger charge is 2.32. The summed E-state index contributed by atoms with van der Waals surface area (Å²) in [5, 5.41) is 7.55. The molecule has 20 heavy (non-hydrogen) atoms. The van der Waals surface area contributed by atoms with Crippen molar-refractivity contribution in [3.05, 3.63) is 0 Å². The zero-order valence-electron chi connectivity index (χ0n) is 14.1. The van der Waals surface area contributed by atoms with Crippen LogP contribution in [0.4, 0.5) is 0 Å². The lowest BCUT2D eigenvalue weighted by molar-refractivity contribution is -0.0242. The van der Waals surface area contributed by atoms with Crippen LogP contribution in [0.5, 0.6) is 0 Å². The van der Waals surface area contributed by atoms with Crippen LogP contribution in [0.2, 0.25) is 0 Å². The number of nitrogens with two attached hydrogens (primary N) is 1. The van der Waals surface area contributed by atoms with Crippen LogP contribution in [0, 0.1) is 22.2 Å². The van der Waals surface area contributed by atoms with Gasteiger partial charge in [0.15, 0.2) is 0 Å². The molecule has 2 unspecified atom stereocenters. The molecule has 0 aromatic carbocycles. The SMILES string of the molecule is CC1CC(OCCCCC(C)(C)C(=N)N)CC(C)(C)C1. The summed E-state index contributed by atoms with van der Waals surface area (Å²) in [5.41, 5.74) is 5.86. The first-order chi connectivity index (χ1) is 9.12. The van der Waals surface area contributed by atoms with E-state index < -0.39 is 0 Å². The maximum atomic E-state index is 7.55. The first kappa shape index (κ1) is 17.5. The summed E-state index contributed by atoms with van der Waals surface area (Å²) < 4.78 is 6.08. The largest absolute Gasteiger partial charge is 0.387 e. The van der Waals surface area contributed by atoms with E-state index in [9.17, 15) is 0 Å². The Hall–Kier alpha value is -0.570. The van der Waals surface area contributed by atoms with E-state index >= 15 is 0 Å². The molecule has 0 heterocycles. The fourth-order valence-corrected chi connectivity index (χ4v) is 3.44. The number of nitrogens with one attached hydrogen (secondary N) is 1. The predicted molar refractivity (Wildman–Crippen MR) is 86.1 cm³/mol. The summed E-state index contributed by atoms with van der Waals surface area (Å²) in [7, 11) is 0. The minimum Gasteiger partial charge on any atom is -0.387 e. The van der Waals surface area contributed by atoms with Gasteiger partial charge in [0.1, 0.15) is 0 Å². The van der Waals surface area contributed by atoms with Gasteiger partial charge in [-0.2, -0.15) is 0 Å². The van der Waals surface area contributed by atoms with E-state index in [-0.39, 0.29) is 5.41 Å². The molecule has 0 bridgehead atoms. The minimum absolute atomic E-state index is 0.165. The van der Waals surface area contributed by atoms with Crippen molar-refractivity contribution in [1.82, 2.24) is 0 Å². The Morgan fingerprint density at radius 1 is 1.30 bits per heavy atom. The molecule has 3 nitrogen and oxygen atoms in total. The molecule has 0 aliphatic heterocycles. The second kappa shape index (κ2) is 6.93. The van der Waals surface area contributed by atoms with Crippen molar-refractivity contribution in [2.75, 3.05) is 6.61 Å². The van der Waals surface area contributed by atoms with Gasteiger partial charge in [-0.3, -0.25) is 5.41 Å². The van der Waals surface area contributed by atoms with Gasteiger partial charge in [0.05, 0.1) is 11.9 Å². The molecule has 3 N–H and O–H groups in total. The summed E-state index contributed by atoms with van der Waals surface area (Å²) in [6.45, 7) is 12.0. The van der Waals surface area contributed by atoms with Crippen LogP contribution in [0.25, 0.3) is 0 Å². The Labute approximate surface area is 125 Å². The van der Waals surface area contributed by atoms with Crippen molar-refractivity contribution in [2.24, 2.45) is 22.5 Å². The fraction of sp³-hybridized carbons (Fsp3) is 0.941. The summed E-state index contributed by atoms with van der Waals surface area (Å²) in [4.78, 5) is 0. The summed E-state index contributed by atoms with van der Waals surface area (Å²) in [6.07, 6.45) is 7.28. The number of hydrogen-bond donors (Lipinski definition) is 2. The minimum atomic E-state index is -0.165. The summed E-state index contributed by atoms with van der Waals surface area (Å²) in [5.74, 6) is 1.07. The predicted octanol–water partition coefficient (Wildman–Crippen LogP) is 4.35. The average Bonchev–Trinajstić information content (AvgIpc) is 2.25. The van der Waals surface area contributed by atoms with E-state index in [0.717, 1.165) is 31.8 Å². The fourth-order valence-electron chi connectivity index (χ4n) is 3.44. The third kappa shape index (κ3) is 5.82. The van der Waals surface area contributed by atoms with E-state index in [1.165, 1.54) is 19.3 Å². The van der Waals surface area contributed by atoms with Crippen molar-refractivity contribution in [1.29, 1.82) is 5.41 Å². The monoisotopic (exact) mass is 282 g/mol. The van der Waals surface area contributed by atoms with Gasteiger partial charge in [-0.15, -0.1) is 0 Å². The van der Waals surface area contributed by atoms with E-state index in [1.54, 1.807) is 0 Å². The maximum absolute atomic E-state index is 7.55. The number of unbranched alkanes of at least 4 members (excludes halogenated alkanes) is 1. The third-order valence-electron chi connectivity index (χ3n) is 4.63. The Morgan fingerprint density at radius 3 is 2.50 bits per heavy atom. The molecule has 1 rings (SSSR count). The first-order valence-electron chi connectivity index (χ1n) is 8.08. The smallest absolute Gasteiger partial charge is 0.0963 e. The average molecular weight is 282 g/mol. The van der Waals surface area contributed by atoms with E-state index in [0.29, 0.717) is 17.4 Å². The summed E-state index contributed by atoms with van der Waals surface area (Å²) >= 11 is 0. The quantitative estimate of drug-likeness (QED) is 0.414. The van der Waals surface area contributed by atoms with Crippen LogP contribution in [0.15, 0.2) is 0 Å². The number of ether oxygens (including phenoxy) is 1. The van der Waals surface area contributed by atoms with Gasteiger partial charge >= 0.3 is 0 Å². The molecular formula is C17H34N2O. The molecule has 1 aliphatic carbocycles. The van der Waals surface area contributed by atoms with Gasteiger partial charge in [0, 0.05) is 12.0 Å². The van der Waals surface area contributed by atoms with E-state index in [2.05, 4.69) is 20.8 Å². The molecule has 1 saturated carbocycles. The van der Waals surface area contributed by atoms with Crippen LogP contribution in [0.3, 0.4) is 0 Å². The second-order valence-electron chi connectivity index (χ2n) is 8.16. The van der Waals surface area contributed by atoms with Crippen LogP contribution in [-0.2, 0) is 4.74 Å². The molecular weight excluding hydrogens is 248 g/mol. The van der Waals surface area contributed by atoms with Crippen LogP contribution in [-0.4, -0.2) is 18.5 Å². The van der Waals surface area contributed by atoms with Crippen molar-refractivity contribution in [2.45, 2.75) is 79.2 Å². The lowest BCUT2D eigenvalue weighted by Crippen LogP contribution is -2.33. The van der Waals surface area contributed by atoms with Gasteiger partial charge in [-0.25, -0.2) is 0 Å². The molecule has 1 aliphatic rings. The second-order valence-corrected chi connectivity index (χ2v) is 8.16. The molecule has 0 spiro atoms. The molecule has 1 fully saturated rings. The Bertz CT molecular complexity index is 323. The lowest BCUT2D eigenvalue weighted by Gasteiger charge is -2.38. The molecule has 0 amide bonds. The van der Waals surface area contributed by atoms with Crippen molar-refractivity contribution in [3.8, 4) is 0 Å². The molecule has 0 aromatic rings. The Morgan fingerprint density at radius 2 is 1.95 bits per heavy atom. The molecule has 118 valence electrons. The Kier molecular flexibility index (Phi) is 6.06. The molecule has 3 heteroatoms. The topological polar surface area (TPSA) is 59.1 Å². The standard InChI is InChI=1S/C17H34N2O/c1-13-10-14(12-16(2,3)11-13)20-9-7-6-8-17(4,5)15(18)19/h13-14H,6-12H2,1-5H3,(H3,18,19). The number of rotatable bonds is 7. The normalized spacial score (nSPS) is 26.4. The number of hydrogen-bond acceptors (Lipinski definition) is 2. The maximum Gasteiger partial charge on any atom is 0.0963 e. The van der Waals surface area contributed by atoms with Crippen molar-refractivity contribution in [3.63, 3.8) is 0 Å². The third-order valence-corrected chi connectivity index (χ3v) is 4.63. The van der Waals surface area contributed by atoms with Gasteiger partial charge in [-0.05, 0) is 43.4 Å². The highest BCUT2D eigenvalue weighted by atomic mass is 16.5. The van der Waals surface area contributed by atoms with Crippen molar-refractivity contribution < 1.29 is 4.74 Å². The lowest BCUT2D eigenvalue weighted by atomic mass is 9.71. The van der Waals surface area contributed by atoms with Crippen molar-refractivity contribution >= 4 is 5.84 Å². The van der Waals surface area contributed by atoms with E-state index in [1.807, 2.05) is 13.8 Å². The molecule has 0 aromatic heterocycles. The molecule has 0 radical (unpaired) electrons. The summed E-state index contributed by atoms with van der Waals surface area (Å²) in [6, 6.07) is 0. The first-order valence-corrected chi connectivity index (χ1v) is 8.08. The van der Waals surface area contributed by atoms with Crippen LogP contribution >= 0.6 is 0 Å². The highest BCUT2D eigenvalue weighted by Crippen LogP contribution is 2.39. The number of amidine groups is 1. The van der Waals surface area contributed by atoms with Gasteiger partial charge in [0.25, 0.3) is 0 Å². The molecule has 0 saturated heterocycles.